The first kappa shape index (κ1) is 23.3. The number of methoxy groups -OCH3 is 1. The Morgan fingerprint density at radius 2 is 1.83 bits per heavy atom. The molecule has 0 spiro atoms. The molecule has 3 aromatic rings. The number of pyridine rings is 1. The first-order valence-electron chi connectivity index (χ1n) is 11.7. The summed E-state index contributed by atoms with van der Waals surface area (Å²) in [6, 6.07) is 19.1. The molecule has 0 amide bonds. The van der Waals surface area contributed by atoms with Gasteiger partial charge in [-0.15, -0.1) is 0 Å². The number of rotatable bonds is 6. The number of hydrogen-bond donors (Lipinski definition) is 2. The monoisotopic (exact) mass is 471 g/mol. The van der Waals surface area contributed by atoms with Gasteiger partial charge in [-0.3, -0.25) is 4.98 Å². The molecule has 5 rings (SSSR count). The molecule has 180 valence electrons. The summed E-state index contributed by atoms with van der Waals surface area (Å²) in [6.45, 7) is 0.727. The third-order valence-electron chi connectivity index (χ3n) is 7.53. The number of aromatic nitrogens is 1. The molecular formula is C28H29N3O4. The first-order valence-corrected chi connectivity index (χ1v) is 11.7. The Kier molecular flexibility index (Phi) is 5.76. The molecule has 2 N–H and O–H groups in total. The van der Waals surface area contributed by atoms with Gasteiger partial charge < -0.3 is 24.6 Å². The summed E-state index contributed by atoms with van der Waals surface area (Å²) in [6.07, 6.45) is 2.58. The van der Waals surface area contributed by atoms with E-state index in [9.17, 15) is 15.5 Å². The Hall–Kier alpha value is -3.44. The van der Waals surface area contributed by atoms with Crippen molar-refractivity contribution in [2.45, 2.75) is 29.6 Å². The van der Waals surface area contributed by atoms with Gasteiger partial charge in [0.05, 0.1) is 42.8 Å². The van der Waals surface area contributed by atoms with Crippen molar-refractivity contribution in [1.82, 2.24) is 9.88 Å². The van der Waals surface area contributed by atoms with Crippen LogP contribution in [0.3, 0.4) is 0 Å². The van der Waals surface area contributed by atoms with Crippen molar-refractivity contribution in [2.24, 2.45) is 5.92 Å². The molecule has 2 heterocycles. The largest absolute Gasteiger partial charge is 0.495 e. The lowest BCUT2D eigenvalue weighted by Crippen LogP contribution is -2.52. The van der Waals surface area contributed by atoms with Crippen molar-refractivity contribution in [3.8, 4) is 17.6 Å². The van der Waals surface area contributed by atoms with Crippen LogP contribution < -0.4 is 9.47 Å². The van der Waals surface area contributed by atoms with E-state index in [0.29, 0.717) is 34.6 Å². The molecule has 1 saturated carbocycles. The van der Waals surface area contributed by atoms with E-state index in [1.165, 1.54) is 13.3 Å². The number of aliphatic hydroxyl groups excluding tert-OH is 1. The minimum atomic E-state index is -1.82. The molecule has 2 aliphatic rings. The third kappa shape index (κ3) is 3.25. The van der Waals surface area contributed by atoms with Gasteiger partial charge in [0.1, 0.15) is 11.5 Å². The molecule has 5 atom stereocenters. The predicted molar refractivity (Wildman–Crippen MR) is 130 cm³/mol. The highest BCUT2D eigenvalue weighted by atomic mass is 16.5. The van der Waals surface area contributed by atoms with Crippen LogP contribution in [0.1, 0.15) is 34.6 Å². The number of fused-ring (bicyclic) bond motifs is 3. The van der Waals surface area contributed by atoms with Crippen LogP contribution in [0.25, 0.3) is 0 Å². The lowest BCUT2D eigenvalue weighted by molar-refractivity contribution is -0.152. The molecule has 0 saturated heterocycles. The summed E-state index contributed by atoms with van der Waals surface area (Å²) < 4.78 is 12.4. The normalized spacial score (nSPS) is 28.8. The van der Waals surface area contributed by atoms with Gasteiger partial charge in [0.15, 0.2) is 11.2 Å². The smallest absolute Gasteiger partial charge is 0.177 e. The second-order valence-electron chi connectivity index (χ2n) is 9.60. The van der Waals surface area contributed by atoms with Crippen LogP contribution in [0.15, 0.2) is 67.0 Å². The van der Waals surface area contributed by atoms with Gasteiger partial charge in [0.25, 0.3) is 0 Å². The van der Waals surface area contributed by atoms with E-state index < -0.39 is 23.2 Å². The molecule has 1 aliphatic carbocycles. The molecule has 2 aromatic carbocycles. The molecule has 1 fully saturated rings. The summed E-state index contributed by atoms with van der Waals surface area (Å²) in [4.78, 5) is 6.32. The molecular weight excluding hydrogens is 442 g/mol. The topological polar surface area (TPSA) is 98.8 Å². The number of nitriles is 1. The standard InChI is InChI=1S/C28H29N3O4/c1-31(2)14-13-21-24(19-7-5-4-6-8-19)28(20-11-9-18(15-29)10-12-20)27(33,26(21)32)25-22(34-3)16-30-17-23(25)35-28/h4-12,16-17,21,24,26,32-33H,13-14H2,1-3H3/t21-,24-,26-,27+,28+/m1/s1. The van der Waals surface area contributed by atoms with Crippen LogP contribution in [0.5, 0.6) is 11.5 Å². The van der Waals surface area contributed by atoms with Crippen LogP contribution in [-0.2, 0) is 11.2 Å². The van der Waals surface area contributed by atoms with E-state index in [2.05, 4.69) is 16.0 Å². The van der Waals surface area contributed by atoms with Crippen molar-refractivity contribution in [3.63, 3.8) is 0 Å². The fourth-order valence-electron chi connectivity index (χ4n) is 6.05. The highest BCUT2D eigenvalue weighted by molar-refractivity contribution is 5.59. The summed E-state index contributed by atoms with van der Waals surface area (Å²) >= 11 is 0. The molecule has 1 aliphatic heterocycles. The van der Waals surface area contributed by atoms with Crippen LogP contribution in [-0.4, -0.2) is 54.0 Å². The predicted octanol–water partition coefficient (Wildman–Crippen LogP) is 3.16. The Morgan fingerprint density at radius 1 is 1.11 bits per heavy atom. The van der Waals surface area contributed by atoms with E-state index in [0.717, 1.165) is 12.1 Å². The van der Waals surface area contributed by atoms with Gasteiger partial charge in [-0.05, 0) is 50.3 Å². The molecule has 35 heavy (non-hydrogen) atoms. The minimum Gasteiger partial charge on any atom is -0.495 e. The maximum Gasteiger partial charge on any atom is 0.177 e. The third-order valence-corrected chi connectivity index (χ3v) is 7.53. The molecule has 0 unspecified atom stereocenters. The Balaban J connectivity index is 1.82. The maximum atomic E-state index is 12.7. The van der Waals surface area contributed by atoms with E-state index in [1.54, 1.807) is 18.3 Å². The van der Waals surface area contributed by atoms with Crippen molar-refractivity contribution in [2.75, 3.05) is 27.7 Å². The van der Waals surface area contributed by atoms with Crippen molar-refractivity contribution >= 4 is 0 Å². The van der Waals surface area contributed by atoms with E-state index in [-0.39, 0.29) is 5.92 Å². The molecule has 7 heteroatoms. The Labute approximate surface area is 205 Å². The van der Waals surface area contributed by atoms with Gasteiger partial charge in [-0.25, -0.2) is 0 Å². The molecule has 0 radical (unpaired) electrons. The summed E-state index contributed by atoms with van der Waals surface area (Å²) in [7, 11) is 5.50. The zero-order valence-corrected chi connectivity index (χ0v) is 20.0. The SMILES string of the molecule is COc1cncc2c1[C@]1(O)[C@H](O)[C@H](CCN(C)C)[C@@H](c3ccccc3)[C@]1(c1ccc(C#N)cc1)O2. The number of benzene rings is 2. The fraction of sp³-hybridized carbons (Fsp3) is 0.357. The highest BCUT2D eigenvalue weighted by Gasteiger charge is 2.76. The van der Waals surface area contributed by atoms with Crippen LogP contribution in [0, 0.1) is 17.2 Å². The average molecular weight is 472 g/mol. The fourth-order valence-corrected chi connectivity index (χ4v) is 6.05. The Morgan fingerprint density at radius 3 is 2.46 bits per heavy atom. The number of hydrogen-bond acceptors (Lipinski definition) is 7. The first-order chi connectivity index (χ1) is 16.9. The lowest BCUT2D eigenvalue weighted by atomic mass is 9.70. The maximum absolute atomic E-state index is 12.7. The zero-order chi connectivity index (χ0) is 24.8. The molecule has 7 nitrogen and oxygen atoms in total. The van der Waals surface area contributed by atoms with Gasteiger partial charge in [0.2, 0.25) is 0 Å². The number of aliphatic hydroxyl groups is 2. The zero-order valence-electron chi connectivity index (χ0n) is 20.0. The van der Waals surface area contributed by atoms with E-state index in [4.69, 9.17) is 9.47 Å². The van der Waals surface area contributed by atoms with E-state index >= 15 is 0 Å². The van der Waals surface area contributed by atoms with Crippen molar-refractivity contribution < 1.29 is 19.7 Å². The van der Waals surface area contributed by atoms with Crippen molar-refractivity contribution in [3.05, 3.63) is 89.2 Å². The van der Waals surface area contributed by atoms with Crippen LogP contribution >= 0.6 is 0 Å². The quantitative estimate of drug-likeness (QED) is 0.570. The van der Waals surface area contributed by atoms with Gasteiger partial charge in [-0.2, -0.15) is 5.26 Å². The number of ether oxygens (including phenoxy) is 2. The average Bonchev–Trinajstić information content (AvgIpc) is 3.26. The highest BCUT2D eigenvalue weighted by Crippen LogP contribution is 2.70. The van der Waals surface area contributed by atoms with Crippen molar-refractivity contribution in [1.29, 1.82) is 5.26 Å². The second-order valence-corrected chi connectivity index (χ2v) is 9.60. The van der Waals surface area contributed by atoms with Gasteiger partial charge >= 0.3 is 0 Å². The Bertz CT molecular complexity index is 1260. The second kappa shape index (κ2) is 8.65. The molecule has 0 bridgehead atoms. The minimum absolute atomic E-state index is 0.327. The van der Waals surface area contributed by atoms with Gasteiger partial charge in [0, 0.05) is 11.8 Å². The number of nitrogens with zero attached hydrogens (tertiary/aromatic N) is 3. The summed E-state index contributed by atoms with van der Waals surface area (Å²) in [5.74, 6) is 0.0158. The summed E-state index contributed by atoms with van der Waals surface area (Å²) in [5, 5.41) is 34.1. The lowest BCUT2D eigenvalue weighted by Gasteiger charge is -2.41. The summed E-state index contributed by atoms with van der Waals surface area (Å²) in [5.41, 5.74) is -0.644. The molecule has 1 aromatic heterocycles. The van der Waals surface area contributed by atoms with Crippen LogP contribution in [0.2, 0.25) is 0 Å². The van der Waals surface area contributed by atoms with Gasteiger partial charge in [-0.1, -0.05) is 42.5 Å². The van der Waals surface area contributed by atoms with Crippen LogP contribution in [0.4, 0.5) is 0 Å². The van der Waals surface area contributed by atoms with E-state index in [1.807, 2.05) is 56.6 Å².